The lowest BCUT2D eigenvalue weighted by atomic mass is 10.1. The number of pyridine rings is 1. The molecule has 0 spiro atoms. The summed E-state index contributed by atoms with van der Waals surface area (Å²) in [6.45, 7) is 1.21. The SMILES string of the molecule is O=C(CN(CC(O)c1ccccc1)C1CC1)NCc1ccccn1. The highest BCUT2D eigenvalue weighted by Gasteiger charge is 2.31. The molecule has 0 saturated heterocycles. The standard InChI is InChI=1S/C19H23N3O2/c23-18(15-6-2-1-3-7-15)13-22(17-9-10-17)14-19(24)21-12-16-8-4-5-11-20-16/h1-8,11,17-18,23H,9-10,12-14H2,(H,21,24). The van der Waals surface area contributed by atoms with Gasteiger partial charge in [-0.05, 0) is 30.5 Å². The molecule has 2 aromatic rings. The number of aliphatic hydroxyl groups is 1. The molecule has 1 fully saturated rings. The molecule has 1 aliphatic rings. The molecule has 24 heavy (non-hydrogen) atoms. The van der Waals surface area contributed by atoms with Crippen LogP contribution in [0.3, 0.4) is 0 Å². The third-order valence-corrected chi connectivity index (χ3v) is 4.19. The van der Waals surface area contributed by atoms with Gasteiger partial charge in [-0.25, -0.2) is 0 Å². The van der Waals surface area contributed by atoms with Gasteiger partial charge in [0.15, 0.2) is 0 Å². The lowest BCUT2D eigenvalue weighted by Crippen LogP contribution is -2.40. The Morgan fingerprint density at radius 3 is 2.62 bits per heavy atom. The van der Waals surface area contributed by atoms with E-state index in [0.717, 1.165) is 24.1 Å². The molecule has 1 unspecified atom stereocenters. The molecular weight excluding hydrogens is 302 g/mol. The molecule has 0 aliphatic heterocycles. The van der Waals surface area contributed by atoms with Crippen LogP contribution >= 0.6 is 0 Å². The second-order valence-corrected chi connectivity index (χ2v) is 6.18. The van der Waals surface area contributed by atoms with Gasteiger partial charge in [0.2, 0.25) is 5.91 Å². The quantitative estimate of drug-likeness (QED) is 0.778. The van der Waals surface area contributed by atoms with E-state index in [1.54, 1.807) is 6.20 Å². The minimum atomic E-state index is -0.574. The van der Waals surface area contributed by atoms with Gasteiger partial charge in [0, 0.05) is 18.8 Å². The average molecular weight is 325 g/mol. The third kappa shape index (κ3) is 4.88. The van der Waals surface area contributed by atoms with E-state index in [4.69, 9.17) is 0 Å². The molecule has 1 atom stereocenters. The summed E-state index contributed by atoms with van der Waals surface area (Å²) in [4.78, 5) is 18.5. The summed E-state index contributed by atoms with van der Waals surface area (Å²) in [5, 5.41) is 13.3. The number of hydrogen-bond donors (Lipinski definition) is 2. The second-order valence-electron chi connectivity index (χ2n) is 6.18. The molecule has 0 bridgehead atoms. The lowest BCUT2D eigenvalue weighted by molar-refractivity contribution is -0.122. The van der Waals surface area contributed by atoms with Crippen molar-refractivity contribution in [2.24, 2.45) is 0 Å². The van der Waals surface area contributed by atoms with Crippen molar-refractivity contribution >= 4 is 5.91 Å². The van der Waals surface area contributed by atoms with Gasteiger partial charge in [-0.15, -0.1) is 0 Å². The molecular formula is C19H23N3O2. The first-order chi connectivity index (χ1) is 11.7. The Balaban J connectivity index is 1.51. The van der Waals surface area contributed by atoms with E-state index in [1.807, 2.05) is 48.5 Å². The normalized spacial score (nSPS) is 15.2. The van der Waals surface area contributed by atoms with Crippen molar-refractivity contribution < 1.29 is 9.90 Å². The second kappa shape index (κ2) is 8.04. The van der Waals surface area contributed by atoms with Crippen LogP contribution in [0.2, 0.25) is 0 Å². The fourth-order valence-electron chi connectivity index (χ4n) is 2.72. The summed E-state index contributed by atoms with van der Waals surface area (Å²) in [7, 11) is 0. The largest absolute Gasteiger partial charge is 0.387 e. The van der Waals surface area contributed by atoms with Gasteiger partial charge in [-0.3, -0.25) is 14.7 Å². The van der Waals surface area contributed by atoms with Gasteiger partial charge in [0.1, 0.15) is 0 Å². The molecule has 1 aliphatic carbocycles. The Kier molecular flexibility index (Phi) is 5.56. The number of carbonyl (C=O) groups excluding carboxylic acids is 1. The van der Waals surface area contributed by atoms with Crippen LogP contribution in [0.4, 0.5) is 0 Å². The zero-order valence-corrected chi connectivity index (χ0v) is 13.6. The van der Waals surface area contributed by atoms with E-state index >= 15 is 0 Å². The summed E-state index contributed by atoms with van der Waals surface area (Å²) in [6.07, 6.45) is 3.33. The van der Waals surface area contributed by atoms with Crippen LogP contribution in [0.15, 0.2) is 54.7 Å². The maximum absolute atomic E-state index is 12.2. The number of rotatable bonds is 8. The van der Waals surface area contributed by atoms with Crippen LogP contribution < -0.4 is 5.32 Å². The highest BCUT2D eigenvalue weighted by molar-refractivity contribution is 5.78. The number of amides is 1. The minimum Gasteiger partial charge on any atom is -0.387 e. The van der Waals surface area contributed by atoms with Crippen molar-refractivity contribution in [2.45, 2.75) is 31.5 Å². The van der Waals surface area contributed by atoms with Crippen LogP contribution in [-0.2, 0) is 11.3 Å². The zero-order valence-electron chi connectivity index (χ0n) is 13.6. The summed E-state index contributed by atoms with van der Waals surface area (Å²) in [6, 6.07) is 15.6. The molecule has 1 heterocycles. The molecule has 3 rings (SSSR count). The Morgan fingerprint density at radius 1 is 1.21 bits per heavy atom. The number of carbonyl (C=O) groups is 1. The number of nitrogens with one attached hydrogen (secondary N) is 1. The summed E-state index contributed by atoms with van der Waals surface area (Å²) >= 11 is 0. The maximum atomic E-state index is 12.2. The van der Waals surface area contributed by atoms with Gasteiger partial charge in [-0.2, -0.15) is 0 Å². The van der Waals surface area contributed by atoms with Gasteiger partial charge in [0.25, 0.3) is 0 Å². The van der Waals surface area contributed by atoms with Gasteiger partial charge < -0.3 is 10.4 Å². The highest BCUT2D eigenvalue weighted by atomic mass is 16.3. The first-order valence-corrected chi connectivity index (χ1v) is 8.36. The highest BCUT2D eigenvalue weighted by Crippen LogP contribution is 2.28. The number of nitrogens with zero attached hydrogens (tertiary/aromatic N) is 2. The summed E-state index contributed by atoms with van der Waals surface area (Å²) < 4.78 is 0. The Labute approximate surface area is 142 Å². The predicted octanol–water partition coefficient (Wildman–Crippen LogP) is 1.90. The maximum Gasteiger partial charge on any atom is 0.234 e. The van der Waals surface area contributed by atoms with E-state index < -0.39 is 6.10 Å². The van der Waals surface area contributed by atoms with E-state index in [9.17, 15) is 9.90 Å². The van der Waals surface area contributed by atoms with E-state index in [-0.39, 0.29) is 5.91 Å². The van der Waals surface area contributed by atoms with Crippen LogP contribution in [0.25, 0.3) is 0 Å². The van der Waals surface area contributed by atoms with Crippen molar-refractivity contribution in [3.63, 3.8) is 0 Å². The Morgan fingerprint density at radius 2 is 1.96 bits per heavy atom. The minimum absolute atomic E-state index is 0.0344. The first-order valence-electron chi connectivity index (χ1n) is 8.36. The Bertz CT molecular complexity index is 644. The van der Waals surface area contributed by atoms with Gasteiger partial charge in [-0.1, -0.05) is 36.4 Å². The van der Waals surface area contributed by atoms with Crippen LogP contribution in [0.5, 0.6) is 0 Å². The van der Waals surface area contributed by atoms with Crippen molar-refractivity contribution in [1.82, 2.24) is 15.2 Å². The monoisotopic (exact) mass is 325 g/mol. The van der Waals surface area contributed by atoms with E-state index in [2.05, 4.69) is 15.2 Å². The molecule has 1 amide bonds. The molecule has 0 radical (unpaired) electrons. The number of aliphatic hydroxyl groups excluding tert-OH is 1. The molecule has 1 aromatic heterocycles. The number of hydrogen-bond acceptors (Lipinski definition) is 4. The molecule has 1 aromatic carbocycles. The van der Waals surface area contributed by atoms with Gasteiger partial charge in [0.05, 0.1) is 24.9 Å². The average Bonchev–Trinajstić information content (AvgIpc) is 3.46. The smallest absolute Gasteiger partial charge is 0.234 e. The van der Waals surface area contributed by atoms with Crippen molar-refractivity contribution in [2.75, 3.05) is 13.1 Å². The molecule has 1 saturated carbocycles. The number of aromatic nitrogens is 1. The van der Waals surface area contributed by atoms with Crippen molar-refractivity contribution in [3.8, 4) is 0 Å². The first kappa shape index (κ1) is 16.6. The van der Waals surface area contributed by atoms with Crippen LogP contribution in [0, 0.1) is 0 Å². The topological polar surface area (TPSA) is 65.5 Å². The van der Waals surface area contributed by atoms with Crippen molar-refractivity contribution in [1.29, 1.82) is 0 Å². The fraction of sp³-hybridized carbons (Fsp3) is 0.368. The van der Waals surface area contributed by atoms with Crippen molar-refractivity contribution in [3.05, 3.63) is 66.0 Å². The summed E-state index contributed by atoms with van der Waals surface area (Å²) in [5.74, 6) is -0.0344. The third-order valence-electron chi connectivity index (χ3n) is 4.19. The molecule has 126 valence electrons. The van der Waals surface area contributed by atoms with E-state index in [1.165, 1.54) is 0 Å². The van der Waals surface area contributed by atoms with Gasteiger partial charge >= 0.3 is 0 Å². The zero-order chi connectivity index (χ0) is 16.8. The molecule has 2 N–H and O–H groups in total. The Hall–Kier alpha value is -2.24. The van der Waals surface area contributed by atoms with E-state index in [0.29, 0.717) is 25.7 Å². The fourth-order valence-corrected chi connectivity index (χ4v) is 2.72. The van der Waals surface area contributed by atoms with Crippen LogP contribution in [-0.4, -0.2) is 40.0 Å². The molecule has 5 nitrogen and oxygen atoms in total. The van der Waals surface area contributed by atoms with Crippen LogP contribution in [0.1, 0.15) is 30.2 Å². The lowest BCUT2D eigenvalue weighted by Gasteiger charge is -2.24. The predicted molar refractivity (Wildman–Crippen MR) is 92.1 cm³/mol. The number of benzene rings is 1. The summed E-state index contributed by atoms with van der Waals surface area (Å²) in [5.41, 5.74) is 1.73. The molecule has 5 heteroatoms.